The molecule has 0 heterocycles. The van der Waals surface area contributed by atoms with E-state index in [-0.39, 0.29) is 10.6 Å². The Morgan fingerprint density at radius 2 is 2.00 bits per heavy atom. The lowest BCUT2D eigenvalue weighted by Gasteiger charge is -2.07. The Kier molecular flexibility index (Phi) is 2.47. The molecule has 0 aromatic heterocycles. The highest BCUT2D eigenvalue weighted by molar-refractivity contribution is 5.43. The van der Waals surface area contributed by atoms with E-state index in [1.807, 2.05) is 0 Å². The van der Waals surface area contributed by atoms with Gasteiger partial charge in [0.05, 0.1) is 4.92 Å². The second-order valence-corrected chi connectivity index (χ2v) is 4.54. The molecule has 0 N–H and O–H groups in total. The second kappa shape index (κ2) is 3.65. The molecule has 80 valence electrons. The van der Waals surface area contributed by atoms with Crippen LogP contribution in [0.2, 0.25) is 0 Å². The van der Waals surface area contributed by atoms with Crippen molar-refractivity contribution in [1.29, 1.82) is 0 Å². The van der Waals surface area contributed by atoms with Crippen LogP contribution in [0.15, 0.2) is 18.2 Å². The van der Waals surface area contributed by atoms with Crippen LogP contribution in [0.1, 0.15) is 49.7 Å². The summed E-state index contributed by atoms with van der Waals surface area (Å²) in [6.45, 7) is 4.13. The molecule has 0 radical (unpaired) electrons. The van der Waals surface area contributed by atoms with Gasteiger partial charge in [0.2, 0.25) is 0 Å². The fourth-order valence-corrected chi connectivity index (χ4v) is 1.75. The van der Waals surface area contributed by atoms with Crippen LogP contribution in [0.5, 0.6) is 0 Å². The smallest absolute Gasteiger partial charge is 0.258 e. The van der Waals surface area contributed by atoms with Gasteiger partial charge in [0.1, 0.15) is 0 Å². The molecule has 0 unspecified atom stereocenters. The van der Waals surface area contributed by atoms with Crippen LogP contribution in [0.3, 0.4) is 0 Å². The third-order valence-electron chi connectivity index (χ3n) is 2.89. The first kappa shape index (κ1) is 10.1. The molecule has 0 bridgehead atoms. The summed E-state index contributed by atoms with van der Waals surface area (Å²) >= 11 is 0. The third kappa shape index (κ3) is 2.17. The highest BCUT2D eigenvalue weighted by Gasteiger charge is 2.26. The van der Waals surface area contributed by atoms with E-state index in [0.717, 1.165) is 11.1 Å². The van der Waals surface area contributed by atoms with Crippen molar-refractivity contribution in [2.24, 2.45) is 0 Å². The highest BCUT2D eigenvalue weighted by Crippen LogP contribution is 2.42. The van der Waals surface area contributed by atoms with Gasteiger partial charge in [0.15, 0.2) is 0 Å². The van der Waals surface area contributed by atoms with E-state index in [1.165, 1.54) is 12.8 Å². The largest absolute Gasteiger partial charge is 0.269 e. The van der Waals surface area contributed by atoms with Crippen molar-refractivity contribution in [1.82, 2.24) is 0 Å². The van der Waals surface area contributed by atoms with Gasteiger partial charge < -0.3 is 0 Å². The zero-order valence-electron chi connectivity index (χ0n) is 9.06. The summed E-state index contributed by atoms with van der Waals surface area (Å²) in [5.74, 6) is 0.921. The Morgan fingerprint density at radius 1 is 1.33 bits per heavy atom. The van der Waals surface area contributed by atoms with E-state index in [9.17, 15) is 10.1 Å². The number of nitro groups is 1. The quantitative estimate of drug-likeness (QED) is 0.559. The van der Waals surface area contributed by atoms with Crippen LogP contribution in [-0.4, -0.2) is 4.92 Å². The van der Waals surface area contributed by atoms with Crippen molar-refractivity contribution < 1.29 is 4.92 Å². The van der Waals surface area contributed by atoms with Gasteiger partial charge in [0.25, 0.3) is 5.69 Å². The third-order valence-corrected chi connectivity index (χ3v) is 2.89. The van der Waals surface area contributed by atoms with E-state index < -0.39 is 0 Å². The van der Waals surface area contributed by atoms with Gasteiger partial charge in [-0.2, -0.15) is 0 Å². The topological polar surface area (TPSA) is 43.1 Å². The molecular weight excluding hydrogens is 190 g/mol. The highest BCUT2D eigenvalue weighted by atomic mass is 16.6. The van der Waals surface area contributed by atoms with Gasteiger partial charge >= 0.3 is 0 Å². The summed E-state index contributed by atoms with van der Waals surface area (Å²) < 4.78 is 0. The molecule has 1 aromatic carbocycles. The minimum absolute atomic E-state index is 0.239. The Labute approximate surface area is 89.3 Å². The lowest BCUT2D eigenvalue weighted by atomic mass is 9.98. The molecule has 1 aliphatic carbocycles. The summed E-state index contributed by atoms with van der Waals surface area (Å²) in [4.78, 5) is 10.5. The standard InChI is InChI=1S/C12H15NO2/c1-8(2)10-5-11(9-3-4-9)7-12(6-10)13(14)15/h5-9H,3-4H2,1-2H3. The van der Waals surface area contributed by atoms with Crippen molar-refractivity contribution in [3.05, 3.63) is 39.4 Å². The number of non-ortho nitro benzene ring substituents is 1. The van der Waals surface area contributed by atoms with Gasteiger partial charge in [-0.3, -0.25) is 10.1 Å². The summed E-state index contributed by atoms with van der Waals surface area (Å²) in [5, 5.41) is 10.8. The first-order valence-corrected chi connectivity index (χ1v) is 5.37. The van der Waals surface area contributed by atoms with Crippen LogP contribution in [0, 0.1) is 10.1 Å². The predicted molar refractivity (Wildman–Crippen MR) is 59.2 cm³/mol. The molecule has 0 spiro atoms. The molecule has 1 aliphatic rings. The maximum absolute atomic E-state index is 10.8. The minimum Gasteiger partial charge on any atom is -0.258 e. The second-order valence-electron chi connectivity index (χ2n) is 4.54. The molecule has 2 rings (SSSR count). The molecule has 0 atom stereocenters. The summed E-state index contributed by atoms with van der Waals surface area (Å²) in [6, 6.07) is 5.54. The van der Waals surface area contributed by atoms with Crippen molar-refractivity contribution in [2.75, 3.05) is 0 Å². The SMILES string of the molecule is CC(C)c1cc(C2CC2)cc([N+](=O)[O-])c1. The molecule has 1 saturated carbocycles. The van der Waals surface area contributed by atoms with Crippen LogP contribution >= 0.6 is 0 Å². The van der Waals surface area contributed by atoms with Crippen LogP contribution < -0.4 is 0 Å². The Balaban J connectivity index is 2.43. The van der Waals surface area contributed by atoms with Crippen LogP contribution in [-0.2, 0) is 0 Å². The average molecular weight is 205 g/mol. The maximum atomic E-state index is 10.8. The van der Waals surface area contributed by atoms with Crippen molar-refractivity contribution in [3.63, 3.8) is 0 Å². The zero-order valence-corrected chi connectivity index (χ0v) is 9.06. The summed E-state index contributed by atoms with van der Waals surface area (Å²) in [7, 11) is 0. The van der Waals surface area contributed by atoms with E-state index >= 15 is 0 Å². The summed E-state index contributed by atoms with van der Waals surface area (Å²) in [6.07, 6.45) is 2.36. The van der Waals surface area contributed by atoms with Crippen LogP contribution in [0.4, 0.5) is 5.69 Å². The Morgan fingerprint density at radius 3 is 2.47 bits per heavy atom. The number of rotatable bonds is 3. The fraction of sp³-hybridized carbons (Fsp3) is 0.500. The van der Waals surface area contributed by atoms with E-state index in [4.69, 9.17) is 0 Å². The molecule has 3 nitrogen and oxygen atoms in total. The van der Waals surface area contributed by atoms with Gasteiger partial charge in [-0.25, -0.2) is 0 Å². The molecule has 1 fully saturated rings. The minimum atomic E-state index is -0.294. The number of benzene rings is 1. The molecule has 15 heavy (non-hydrogen) atoms. The lowest BCUT2D eigenvalue weighted by Crippen LogP contribution is -1.95. The lowest BCUT2D eigenvalue weighted by molar-refractivity contribution is -0.385. The van der Waals surface area contributed by atoms with E-state index in [2.05, 4.69) is 19.9 Å². The average Bonchev–Trinajstić information content (AvgIpc) is 3.00. The van der Waals surface area contributed by atoms with Gasteiger partial charge in [-0.1, -0.05) is 19.9 Å². The molecule has 3 heteroatoms. The number of nitrogens with zero attached hydrogens (tertiary/aromatic N) is 1. The summed E-state index contributed by atoms with van der Waals surface area (Å²) in [5.41, 5.74) is 2.46. The van der Waals surface area contributed by atoms with Gasteiger partial charge in [-0.15, -0.1) is 0 Å². The normalized spacial score (nSPS) is 15.7. The van der Waals surface area contributed by atoms with E-state index in [0.29, 0.717) is 11.8 Å². The fourth-order valence-electron chi connectivity index (χ4n) is 1.75. The molecule has 0 saturated heterocycles. The van der Waals surface area contributed by atoms with E-state index in [1.54, 1.807) is 12.1 Å². The molecular formula is C12H15NO2. The Bertz CT molecular complexity index is 374. The number of hydrogen-bond acceptors (Lipinski definition) is 2. The molecule has 1 aromatic rings. The Hall–Kier alpha value is -1.38. The van der Waals surface area contributed by atoms with Crippen molar-refractivity contribution in [3.8, 4) is 0 Å². The first-order chi connectivity index (χ1) is 7.08. The molecule has 0 amide bonds. The van der Waals surface area contributed by atoms with Crippen LogP contribution in [0.25, 0.3) is 0 Å². The number of nitro benzene ring substituents is 1. The maximum Gasteiger partial charge on any atom is 0.269 e. The zero-order chi connectivity index (χ0) is 11.0. The van der Waals surface area contributed by atoms with Gasteiger partial charge in [-0.05, 0) is 35.8 Å². The molecule has 0 aliphatic heterocycles. The van der Waals surface area contributed by atoms with Crippen molar-refractivity contribution in [2.45, 2.75) is 38.5 Å². The first-order valence-electron chi connectivity index (χ1n) is 5.37. The van der Waals surface area contributed by atoms with Gasteiger partial charge in [0, 0.05) is 12.1 Å². The van der Waals surface area contributed by atoms with Crippen molar-refractivity contribution >= 4 is 5.69 Å². The number of hydrogen-bond donors (Lipinski definition) is 0. The monoisotopic (exact) mass is 205 g/mol. The predicted octanol–water partition coefficient (Wildman–Crippen LogP) is 3.60.